The van der Waals surface area contributed by atoms with Gasteiger partial charge in [0, 0.05) is 12.8 Å². The minimum Gasteiger partial charge on any atom is -0.466 e. The first-order valence-electron chi connectivity index (χ1n) is 43.3. The molecule has 0 aliphatic carbocycles. The highest BCUT2D eigenvalue weighted by Gasteiger charge is 2.44. The second-order valence-electron chi connectivity index (χ2n) is 30.2. The van der Waals surface area contributed by atoms with Crippen LogP contribution in [-0.4, -0.2) is 100 Å². The van der Waals surface area contributed by atoms with Crippen molar-refractivity contribution >= 4 is 11.9 Å². The van der Waals surface area contributed by atoms with Gasteiger partial charge in [-0.3, -0.25) is 9.59 Å². The van der Waals surface area contributed by atoms with Crippen molar-refractivity contribution < 1.29 is 49.3 Å². The largest absolute Gasteiger partial charge is 0.466 e. The van der Waals surface area contributed by atoms with Crippen molar-refractivity contribution in [2.75, 3.05) is 19.8 Å². The molecular formula is C87H165NO10. The van der Waals surface area contributed by atoms with Crippen LogP contribution in [0.25, 0.3) is 0 Å². The number of amides is 1. The zero-order valence-electron chi connectivity index (χ0n) is 64.8. The monoisotopic (exact) mass is 1380 g/mol. The van der Waals surface area contributed by atoms with E-state index in [0.717, 1.165) is 64.2 Å². The molecule has 1 saturated heterocycles. The second-order valence-corrected chi connectivity index (χ2v) is 30.2. The summed E-state index contributed by atoms with van der Waals surface area (Å²) in [6.45, 7) is 4.37. The molecule has 0 saturated carbocycles. The SMILES string of the molecule is CCCCC/C=C\C/C=C\CCCCCCCCCCCC(=O)OCCCCCCCCCCCCCCCCCCCCCCCCCCCCCCCCCCCCCCCCCC(=O)NC(COC1OC(CO)C(O)C(O)C1O)C(O)/C=C/CCCCCCCCCCCC. The molecule has 6 N–H and O–H groups in total. The number of hydrogen-bond acceptors (Lipinski definition) is 10. The molecule has 7 atom stereocenters. The molecule has 98 heavy (non-hydrogen) atoms. The van der Waals surface area contributed by atoms with Crippen LogP contribution in [0.5, 0.6) is 0 Å². The van der Waals surface area contributed by atoms with E-state index in [1.54, 1.807) is 6.08 Å². The maximum atomic E-state index is 13.1. The van der Waals surface area contributed by atoms with Gasteiger partial charge in [-0.15, -0.1) is 0 Å². The van der Waals surface area contributed by atoms with Gasteiger partial charge in [0.2, 0.25) is 5.91 Å². The number of rotatable bonds is 78. The lowest BCUT2D eigenvalue weighted by molar-refractivity contribution is -0.302. The molecule has 0 aromatic carbocycles. The lowest BCUT2D eigenvalue weighted by atomic mass is 9.99. The Hall–Kier alpha value is -2.12. The smallest absolute Gasteiger partial charge is 0.305 e. The highest BCUT2D eigenvalue weighted by atomic mass is 16.7. The number of ether oxygens (including phenoxy) is 3. The van der Waals surface area contributed by atoms with Crippen LogP contribution in [-0.2, 0) is 23.8 Å². The fourth-order valence-electron chi connectivity index (χ4n) is 14.0. The lowest BCUT2D eigenvalue weighted by Crippen LogP contribution is -2.60. The van der Waals surface area contributed by atoms with Crippen LogP contribution in [0.2, 0.25) is 0 Å². The molecule has 1 fully saturated rings. The van der Waals surface area contributed by atoms with Gasteiger partial charge in [-0.25, -0.2) is 0 Å². The maximum absolute atomic E-state index is 13.1. The quantitative estimate of drug-likeness (QED) is 0.0195. The van der Waals surface area contributed by atoms with Crippen molar-refractivity contribution in [3.63, 3.8) is 0 Å². The van der Waals surface area contributed by atoms with Crippen LogP contribution in [0.1, 0.15) is 444 Å². The number of aliphatic hydroxyl groups excluding tert-OH is 5. The number of hydrogen-bond donors (Lipinski definition) is 6. The van der Waals surface area contributed by atoms with E-state index >= 15 is 0 Å². The highest BCUT2D eigenvalue weighted by Crippen LogP contribution is 2.24. The molecule has 0 bridgehead atoms. The Bertz CT molecular complexity index is 1720. The van der Waals surface area contributed by atoms with Crippen molar-refractivity contribution in [3.8, 4) is 0 Å². The molecule has 7 unspecified atom stereocenters. The Balaban J connectivity index is 1.84. The first kappa shape index (κ1) is 93.9. The second kappa shape index (κ2) is 76.0. The molecule has 578 valence electrons. The van der Waals surface area contributed by atoms with Crippen LogP contribution < -0.4 is 5.32 Å². The summed E-state index contributed by atoms with van der Waals surface area (Å²) < 4.78 is 16.8. The van der Waals surface area contributed by atoms with Gasteiger partial charge in [-0.2, -0.15) is 0 Å². The average molecular weight is 1390 g/mol. The first-order valence-corrected chi connectivity index (χ1v) is 43.3. The van der Waals surface area contributed by atoms with Crippen LogP contribution in [0, 0.1) is 0 Å². The molecule has 11 nitrogen and oxygen atoms in total. The fraction of sp³-hybridized carbons (Fsp3) is 0.908. The number of carbonyl (C=O) groups excluding carboxylic acids is 2. The number of allylic oxidation sites excluding steroid dienone is 5. The van der Waals surface area contributed by atoms with E-state index in [-0.39, 0.29) is 18.5 Å². The van der Waals surface area contributed by atoms with Crippen LogP contribution in [0.15, 0.2) is 36.5 Å². The summed E-state index contributed by atoms with van der Waals surface area (Å²) in [6.07, 6.45) is 90.7. The molecule has 1 rings (SSSR count). The molecule has 1 heterocycles. The van der Waals surface area contributed by atoms with Gasteiger partial charge in [0.05, 0.1) is 32.0 Å². The Labute approximate surface area is 606 Å². The van der Waals surface area contributed by atoms with Crippen molar-refractivity contribution in [1.29, 1.82) is 0 Å². The summed E-state index contributed by atoms with van der Waals surface area (Å²) in [5.74, 6) is -0.158. The predicted octanol–water partition coefficient (Wildman–Crippen LogP) is 24.0. The first-order chi connectivity index (χ1) is 48.2. The van der Waals surface area contributed by atoms with Gasteiger partial charge < -0.3 is 45.1 Å². The summed E-state index contributed by atoms with van der Waals surface area (Å²) in [7, 11) is 0. The summed E-state index contributed by atoms with van der Waals surface area (Å²) in [5.41, 5.74) is 0. The number of nitrogens with one attached hydrogen (secondary N) is 1. The van der Waals surface area contributed by atoms with Crippen molar-refractivity contribution in [2.45, 2.75) is 487 Å². The Kier molecular flexibility index (Phi) is 72.8. The van der Waals surface area contributed by atoms with Gasteiger partial charge in [-0.1, -0.05) is 403 Å². The minimum absolute atomic E-state index is 0.0154. The van der Waals surface area contributed by atoms with E-state index in [1.807, 2.05) is 6.08 Å². The Morgan fingerprint density at radius 3 is 1.05 bits per heavy atom. The molecule has 0 radical (unpaired) electrons. The standard InChI is InChI=1S/C87H165NO10/c1-3-5-7-9-11-13-15-17-18-19-41-45-48-51-55-59-63-67-71-75-83(92)96-76-72-68-64-60-56-52-49-46-43-40-38-36-34-32-30-28-26-24-22-20-21-23-25-27-29-31-33-35-37-39-42-44-47-50-54-58-62-66-70-74-82(91)88-79(78-97-87-86(95)85(94)84(93)81(77-89)98-87)80(90)73-69-65-61-57-53-16-14-12-10-8-6-4-2/h11,13,17-18,69,73,79-81,84-87,89-90,93-95H,3-10,12,14-16,19-68,70-72,74-78H2,1-2H3,(H,88,91)/b13-11-,18-17-,73-69+. The minimum atomic E-state index is -1.57. The van der Waals surface area contributed by atoms with Gasteiger partial charge in [-0.05, 0) is 64.2 Å². The van der Waals surface area contributed by atoms with Gasteiger partial charge >= 0.3 is 5.97 Å². The van der Waals surface area contributed by atoms with Crippen LogP contribution in [0.4, 0.5) is 0 Å². The summed E-state index contributed by atoms with van der Waals surface area (Å²) in [4.78, 5) is 25.2. The summed E-state index contributed by atoms with van der Waals surface area (Å²) in [6, 6.07) is -0.805. The topological polar surface area (TPSA) is 175 Å². The third-order valence-corrected chi connectivity index (χ3v) is 20.7. The van der Waals surface area contributed by atoms with Gasteiger partial charge in [0.1, 0.15) is 24.4 Å². The average Bonchev–Trinajstić information content (AvgIpc) is 0.832. The van der Waals surface area contributed by atoms with Crippen molar-refractivity contribution in [2.24, 2.45) is 0 Å². The molecule has 0 aromatic rings. The van der Waals surface area contributed by atoms with Gasteiger partial charge in [0.15, 0.2) is 6.29 Å². The molecule has 1 aliphatic rings. The van der Waals surface area contributed by atoms with E-state index in [9.17, 15) is 35.1 Å². The maximum Gasteiger partial charge on any atom is 0.305 e. The number of carbonyl (C=O) groups is 2. The highest BCUT2D eigenvalue weighted by molar-refractivity contribution is 5.76. The number of esters is 1. The molecule has 1 aliphatic heterocycles. The van der Waals surface area contributed by atoms with E-state index in [0.29, 0.717) is 19.4 Å². The molecular weight excluding hydrogens is 1220 g/mol. The van der Waals surface area contributed by atoms with Gasteiger partial charge in [0.25, 0.3) is 0 Å². The van der Waals surface area contributed by atoms with E-state index in [4.69, 9.17) is 14.2 Å². The van der Waals surface area contributed by atoms with Crippen molar-refractivity contribution in [1.82, 2.24) is 5.32 Å². The normalized spacial score (nSPS) is 17.3. The van der Waals surface area contributed by atoms with E-state index in [1.165, 1.54) is 353 Å². The zero-order valence-corrected chi connectivity index (χ0v) is 64.8. The lowest BCUT2D eigenvalue weighted by Gasteiger charge is -2.40. The molecule has 0 spiro atoms. The number of aliphatic hydroxyl groups is 5. The van der Waals surface area contributed by atoms with Crippen LogP contribution >= 0.6 is 0 Å². The molecule has 11 heteroatoms. The third kappa shape index (κ3) is 63.6. The zero-order chi connectivity index (χ0) is 70.8. The van der Waals surface area contributed by atoms with E-state index in [2.05, 4.69) is 43.5 Å². The fourth-order valence-corrected chi connectivity index (χ4v) is 14.0. The van der Waals surface area contributed by atoms with Crippen LogP contribution in [0.3, 0.4) is 0 Å². The predicted molar refractivity (Wildman–Crippen MR) is 417 cm³/mol. The van der Waals surface area contributed by atoms with E-state index < -0.39 is 49.5 Å². The molecule has 1 amide bonds. The summed E-state index contributed by atoms with van der Waals surface area (Å²) >= 11 is 0. The van der Waals surface area contributed by atoms with Crippen molar-refractivity contribution in [3.05, 3.63) is 36.5 Å². The Morgan fingerprint density at radius 2 is 0.684 bits per heavy atom. The number of unbranched alkanes of at least 4 members (excludes halogenated alkanes) is 60. The summed E-state index contributed by atoms with van der Waals surface area (Å²) in [5, 5.41) is 54.6. The third-order valence-electron chi connectivity index (χ3n) is 20.7. The molecule has 0 aromatic heterocycles. The Morgan fingerprint density at radius 1 is 0.378 bits per heavy atom.